The van der Waals surface area contributed by atoms with E-state index >= 15 is 0 Å². The van der Waals surface area contributed by atoms with Crippen LogP contribution in [0.3, 0.4) is 0 Å². The molecule has 1 fully saturated rings. The van der Waals surface area contributed by atoms with Gasteiger partial charge in [0.2, 0.25) is 0 Å². The Balaban J connectivity index is 0.000000343. The first kappa shape index (κ1) is 23.5. The third-order valence-corrected chi connectivity index (χ3v) is 4.73. The second-order valence-corrected chi connectivity index (χ2v) is 6.95. The van der Waals surface area contributed by atoms with Crippen molar-refractivity contribution in [3.63, 3.8) is 0 Å². The van der Waals surface area contributed by atoms with E-state index in [9.17, 15) is 9.59 Å². The number of carboxylic acid groups (broad SMARTS) is 2. The van der Waals surface area contributed by atoms with Gasteiger partial charge in [-0.2, -0.15) is 0 Å². The minimum Gasteiger partial charge on any atom is -0.478 e. The van der Waals surface area contributed by atoms with Crippen molar-refractivity contribution in [2.24, 2.45) is 0 Å². The van der Waals surface area contributed by atoms with Crippen molar-refractivity contribution in [3.8, 4) is 0 Å². The summed E-state index contributed by atoms with van der Waals surface area (Å²) >= 11 is 0. The molecule has 0 amide bonds. The molecule has 1 aliphatic rings. The highest BCUT2D eigenvalue weighted by Crippen LogP contribution is 2.18. The van der Waals surface area contributed by atoms with Gasteiger partial charge in [0.15, 0.2) is 0 Å². The summed E-state index contributed by atoms with van der Waals surface area (Å²) in [4.78, 5) is 28.8. The monoisotopic (exact) mass is 418 g/mol. The fourth-order valence-electron chi connectivity index (χ4n) is 3.14. The molecule has 1 aromatic carbocycles. The number of hydrogen-bond acceptors (Lipinski definition) is 6. The quantitative estimate of drug-likeness (QED) is 0.491. The first-order valence-electron chi connectivity index (χ1n) is 9.97. The number of benzene rings is 1. The summed E-state index contributed by atoms with van der Waals surface area (Å²) in [5, 5.41) is 15.6. The fourth-order valence-corrected chi connectivity index (χ4v) is 3.14. The zero-order valence-corrected chi connectivity index (χ0v) is 17.5. The number of carbonyl (C=O) groups is 2. The molecule has 0 saturated carbocycles. The van der Waals surface area contributed by atoms with Crippen molar-refractivity contribution in [2.45, 2.75) is 20.0 Å². The zero-order chi connectivity index (χ0) is 21.9. The van der Waals surface area contributed by atoms with Gasteiger partial charge in [0.25, 0.3) is 0 Å². The maximum atomic E-state index is 9.55. The Morgan fingerprint density at radius 3 is 2.33 bits per heavy atom. The highest BCUT2D eigenvalue weighted by atomic mass is 16.5. The zero-order valence-electron chi connectivity index (χ0n) is 17.5. The number of aliphatic carboxylic acids is 2. The average Bonchev–Trinajstić information content (AvgIpc) is 3.06. The van der Waals surface area contributed by atoms with Crippen molar-refractivity contribution in [1.29, 1.82) is 0 Å². The number of para-hydroxylation sites is 2. The van der Waals surface area contributed by atoms with Crippen LogP contribution in [-0.2, 0) is 27.4 Å². The molecular formula is C21H30N4O5. The second-order valence-electron chi connectivity index (χ2n) is 6.95. The van der Waals surface area contributed by atoms with Crippen LogP contribution in [0.5, 0.6) is 0 Å². The summed E-state index contributed by atoms with van der Waals surface area (Å²) < 4.78 is 7.87. The van der Waals surface area contributed by atoms with E-state index in [4.69, 9.17) is 19.9 Å². The lowest BCUT2D eigenvalue weighted by Gasteiger charge is -2.32. The summed E-state index contributed by atoms with van der Waals surface area (Å²) in [5.74, 6) is -1.36. The normalized spacial score (nSPS) is 15.3. The van der Waals surface area contributed by atoms with Gasteiger partial charge in [0.05, 0.1) is 24.2 Å². The van der Waals surface area contributed by atoms with Gasteiger partial charge in [-0.15, -0.1) is 0 Å². The predicted octanol–water partition coefficient (Wildman–Crippen LogP) is 1.53. The highest BCUT2D eigenvalue weighted by Gasteiger charge is 2.17. The first-order valence-corrected chi connectivity index (χ1v) is 9.97. The van der Waals surface area contributed by atoms with Gasteiger partial charge in [-0.25, -0.2) is 14.6 Å². The van der Waals surface area contributed by atoms with Crippen LogP contribution in [0.2, 0.25) is 0 Å². The van der Waals surface area contributed by atoms with Crippen molar-refractivity contribution >= 4 is 23.0 Å². The molecular weight excluding hydrogens is 388 g/mol. The SMILES string of the molecule is CCOCCn1c(CN2CCN(C)CC2)nc2ccccc21.O=C(O)/C=C/C(=O)O. The van der Waals surface area contributed by atoms with E-state index in [2.05, 4.69) is 45.7 Å². The number of likely N-dealkylation sites (N-methyl/N-ethyl adjacent to an activating group) is 1. The number of fused-ring (bicyclic) bond motifs is 1. The molecule has 0 aliphatic carbocycles. The predicted molar refractivity (Wildman–Crippen MR) is 113 cm³/mol. The molecule has 9 heteroatoms. The second kappa shape index (κ2) is 12.1. The molecule has 30 heavy (non-hydrogen) atoms. The number of rotatable bonds is 8. The molecule has 1 aliphatic heterocycles. The standard InChI is InChI=1S/C17H26N4O.C4H4O4/c1-3-22-13-12-21-16-7-5-4-6-15(16)18-17(21)14-20-10-8-19(2)9-11-20;5-3(6)1-2-4(7)8/h4-7H,3,8-14H2,1-2H3;1-2H,(H,5,6)(H,7,8)/b;2-1+. The van der Waals surface area contributed by atoms with Crippen LogP contribution in [0.4, 0.5) is 0 Å². The lowest BCUT2D eigenvalue weighted by atomic mass is 10.3. The summed E-state index contributed by atoms with van der Waals surface area (Å²) in [6.07, 6.45) is 1.12. The summed E-state index contributed by atoms with van der Waals surface area (Å²) in [6, 6.07) is 8.39. The highest BCUT2D eigenvalue weighted by molar-refractivity contribution is 5.89. The number of piperazine rings is 1. The van der Waals surface area contributed by atoms with Crippen LogP contribution in [0.25, 0.3) is 11.0 Å². The van der Waals surface area contributed by atoms with Crippen LogP contribution >= 0.6 is 0 Å². The van der Waals surface area contributed by atoms with Crippen LogP contribution in [-0.4, -0.2) is 87.9 Å². The van der Waals surface area contributed by atoms with Gasteiger partial charge in [-0.3, -0.25) is 4.90 Å². The minimum absolute atomic E-state index is 0.558. The molecule has 2 aromatic rings. The molecule has 9 nitrogen and oxygen atoms in total. The molecule has 1 aromatic heterocycles. The molecule has 164 valence electrons. The molecule has 3 rings (SSSR count). The number of nitrogens with zero attached hydrogens (tertiary/aromatic N) is 4. The largest absolute Gasteiger partial charge is 0.478 e. The number of hydrogen-bond donors (Lipinski definition) is 2. The lowest BCUT2D eigenvalue weighted by molar-refractivity contribution is -0.134. The number of ether oxygens (including phenoxy) is 1. The van der Waals surface area contributed by atoms with E-state index in [-0.39, 0.29) is 0 Å². The Morgan fingerprint density at radius 1 is 1.10 bits per heavy atom. The van der Waals surface area contributed by atoms with Crippen LogP contribution < -0.4 is 0 Å². The minimum atomic E-state index is -1.26. The van der Waals surface area contributed by atoms with Gasteiger partial charge >= 0.3 is 11.9 Å². The van der Waals surface area contributed by atoms with Gasteiger partial charge in [0, 0.05) is 51.5 Å². The van der Waals surface area contributed by atoms with Crippen molar-refractivity contribution in [3.05, 3.63) is 42.2 Å². The van der Waals surface area contributed by atoms with Crippen LogP contribution in [0.15, 0.2) is 36.4 Å². The maximum absolute atomic E-state index is 9.55. The Morgan fingerprint density at radius 2 is 1.73 bits per heavy atom. The van der Waals surface area contributed by atoms with Crippen molar-refractivity contribution in [1.82, 2.24) is 19.4 Å². The van der Waals surface area contributed by atoms with Crippen molar-refractivity contribution in [2.75, 3.05) is 46.4 Å². The smallest absolute Gasteiger partial charge is 0.328 e. The van der Waals surface area contributed by atoms with E-state index in [1.807, 2.05) is 6.92 Å². The Kier molecular flexibility index (Phi) is 9.46. The van der Waals surface area contributed by atoms with E-state index < -0.39 is 11.9 Å². The summed E-state index contributed by atoms with van der Waals surface area (Å²) in [7, 11) is 2.19. The van der Waals surface area contributed by atoms with E-state index in [0.717, 1.165) is 63.8 Å². The molecule has 0 unspecified atom stereocenters. The molecule has 2 N–H and O–H groups in total. The maximum Gasteiger partial charge on any atom is 0.328 e. The fraction of sp³-hybridized carbons (Fsp3) is 0.476. The number of aromatic nitrogens is 2. The lowest BCUT2D eigenvalue weighted by Crippen LogP contribution is -2.44. The Bertz CT molecular complexity index is 840. The van der Waals surface area contributed by atoms with Gasteiger partial charge < -0.3 is 24.4 Å². The molecule has 1 saturated heterocycles. The van der Waals surface area contributed by atoms with Gasteiger partial charge in [0.1, 0.15) is 5.82 Å². The third kappa shape index (κ3) is 7.58. The summed E-state index contributed by atoms with van der Waals surface area (Å²) in [5.41, 5.74) is 2.30. The van der Waals surface area contributed by atoms with Gasteiger partial charge in [-0.05, 0) is 26.1 Å². The molecule has 0 spiro atoms. The molecule has 0 radical (unpaired) electrons. The number of imidazole rings is 1. The number of carboxylic acids is 2. The molecule has 0 atom stereocenters. The third-order valence-electron chi connectivity index (χ3n) is 4.73. The average molecular weight is 418 g/mol. The Hall–Kier alpha value is -2.75. The topological polar surface area (TPSA) is 108 Å². The van der Waals surface area contributed by atoms with E-state index in [1.165, 1.54) is 5.52 Å². The summed E-state index contributed by atoms with van der Waals surface area (Å²) in [6.45, 7) is 9.85. The van der Waals surface area contributed by atoms with Gasteiger partial charge in [-0.1, -0.05) is 12.1 Å². The van der Waals surface area contributed by atoms with E-state index in [1.54, 1.807) is 0 Å². The first-order chi connectivity index (χ1) is 14.4. The molecule has 2 heterocycles. The van der Waals surface area contributed by atoms with Crippen LogP contribution in [0.1, 0.15) is 12.7 Å². The van der Waals surface area contributed by atoms with Crippen molar-refractivity contribution < 1.29 is 24.5 Å². The molecule has 0 bridgehead atoms. The van der Waals surface area contributed by atoms with E-state index in [0.29, 0.717) is 12.2 Å². The van der Waals surface area contributed by atoms with Crippen LogP contribution in [0, 0.1) is 0 Å². The Labute approximate surface area is 176 Å².